The fourth-order valence-electron chi connectivity index (χ4n) is 2.79. The van der Waals surface area contributed by atoms with Crippen LogP contribution < -0.4 is 5.32 Å². The van der Waals surface area contributed by atoms with Crippen LogP contribution in [0.5, 0.6) is 0 Å². The van der Waals surface area contributed by atoms with Crippen LogP contribution in [0.1, 0.15) is 16.9 Å². The first-order valence-electron chi connectivity index (χ1n) is 7.49. The van der Waals surface area contributed by atoms with Crippen molar-refractivity contribution in [1.29, 1.82) is 0 Å². The van der Waals surface area contributed by atoms with Crippen LogP contribution in [0.4, 0.5) is 0 Å². The summed E-state index contributed by atoms with van der Waals surface area (Å²) in [7, 11) is 3.20. The van der Waals surface area contributed by atoms with Crippen LogP contribution in [0.3, 0.4) is 0 Å². The van der Waals surface area contributed by atoms with Crippen LogP contribution in [0, 0.1) is 0 Å². The first-order valence-corrected chi connectivity index (χ1v) is 7.49. The van der Waals surface area contributed by atoms with Crippen molar-refractivity contribution in [2.24, 2.45) is 0 Å². The summed E-state index contributed by atoms with van der Waals surface area (Å²) < 4.78 is 6.40. The molecule has 2 aromatic rings. The second-order valence-corrected chi connectivity index (χ2v) is 5.63. The molecule has 0 aliphatic carbocycles. The van der Waals surface area contributed by atoms with Gasteiger partial charge in [0.1, 0.15) is 30.2 Å². The molecular weight excluding hydrogens is 312 g/mol. The lowest BCUT2D eigenvalue weighted by atomic mass is 10.1. The Morgan fingerprint density at radius 2 is 2.04 bits per heavy atom. The molecule has 2 atom stereocenters. The lowest BCUT2D eigenvalue weighted by molar-refractivity contribution is -0.145. The predicted octanol–water partition coefficient (Wildman–Crippen LogP) is -0.362. The Bertz CT molecular complexity index is 733. The lowest BCUT2D eigenvalue weighted by Gasteiger charge is -2.15. The molecule has 0 aromatic carbocycles. The summed E-state index contributed by atoms with van der Waals surface area (Å²) in [6.45, 7) is 0.580. The van der Waals surface area contributed by atoms with E-state index in [0.717, 1.165) is 0 Å². The highest BCUT2D eigenvalue weighted by Crippen LogP contribution is 2.17. The molecule has 0 spiro atoms. The van der Waals surface area contributed by atoms with Crippen molar-refractivity contribution in [2.45, 2.75) is 18.5 Å². The van der Waals surface area contributed by atoms with Gasteiger partial charge in [-0.2, -0.15) is 0 Å². The Morgan fingerprint density at radius 3 is 2.75 bits per heavy atom. The number of esters is 1. The number of hydrogen-bond donors (Lipinski definition) is 1. The normalized spacial score (nSPS) is 20.8. The SMILES string of the molecule is COC(=O)C1CC(NC(=O)c2cccc(-n3cnnc3)n2)CN1C. The van der Waals surface area contributed by atoms with E-state index in [2.05, 4.69) is 20.5 Å². The minimum absolute atomic E-state index is 0.132. The second kappa shape index (κ2) is 6.75. The molecule has 9 heteroatoms. The Morgan fingerprint density at radius 1 is 1.29 bits per heavy atom. The van der Waals surface area contributed by atoms with Gasteiger partial charge in [-0.05, 0) is 25.6 Å². The molecule has 2 aromatic heterocycles. The number of pyridine rings is 1. The van der Waals surface area contributed by atoms with Gasteiger partial charge >= 0.3 is 5.97 Å². The van der Waals surface area contributed by atoms with Gasteiger partial charge in [-0.25, -0.2) is 4.98 Å². The molecule has 1 N–H and O–H groups in total. The van der Waals surface area contributed by atoms with E-state index >= 15 is 0 Å². The van der Waals surface area contributed by atoms with E-state index in [1.807, 2.05) is 11.9 Å². The van der Waals surface area contributed by atoms with Gasteiger partial charge in [0.25, 0.3) is 5.91 Å². The van der Waals surface area contributed by atoms with E-state index < -0.39 is 0 Å². The molecule has 1 aliphatic rings. The minimum atomic E-state index is -0.336. The third kappa shape index (κ3) is 3.25. The van der Waals surface area contributed by atoms with Gasteiger partial charge in [0.15, 0.2) is 0 Å². The first kappa shape index (κ1) is 16.1. The van der Waals surface area contributed by atoms with Crippen molar-refractivity contribution in [3.05, 3.63) is 36.5 Å². The number of hydrogen-bond acceptors (Lipinski definition) is 7. The molecule has 126 valence electrons. The van der Waals surface area contributed by atoms with Crippen molar-refractivity contribution in [1.82, 2.24) is 30.0 Å². The van der Waals surface area contributed by atoms with Gasteiger partial charge in [-0.3, -0.25) is 19.1 Å². The van der Waals surface area contributed by atoms with Crippen molar-refractivity contribution in [3.63, 3.8) is 0 Å². The lowest BCUT2D eigenvalue weighted by Crippen LogP contribution is -2.37. The van der Waals surface area contributed by atoms with E-state index in [1.165, 1.54) is 19.8 Å². The second-order valence-electron chi connectivity index (χ2n) is 5.63. The number of carbonyl (C=O) groups is 2. The van der Waals surface area contributed by atoms with E-state index in [9.17, 15) is 9.59 Å². The number of nitrogens with zero attached hydrogens (tertiary/aromatic N) is 5. The molecule has 3 rings (SSSR count). The maximum absolute atomic E-state index is 12.4. The Balaban J connectivity index is 1.68. The molecule has 1 amide bonds. The van der Waals surface area contributed by atoms with Gasteiger partial charge in [0.05, 0.1) is 7.11 Å². The molecule has 0 saturated carbocycles. The van der Waals surface area contributed by atoms with Crippen LogP contribution in [-0.4, -0.2) is 69.3 Å². The van der Waals surface area contributed by atoms with E-state index in [-0.39, 0.29) is 24.0 Å². The van der Waals surface area contributed by atoms with Crippen LogP contribution >= 0.6 is 0 Å². The van der Waals surface area contributed by atoms with Crippen LogP contribution in [-0.2, 0) is 9.53 Å². The highest BCUT2D eigenvalue weighted by atomic mass is 16.5. The van der Waals surface area contributed by atoms with Gasteiger partial charge in [0.2, 0.25) is 0 Å². The average Bonchev–Trinajstić information content (AvgIpc) is 3.24. The molecule has 1 fully saturated rings. The molecule has 0 radical (unpaired) electrons. The zero-order valence-corrected chi connectivity index (χ0v) is 13.4. The quantitative estimate of drug-likeness (QED) is 0.764. The van der Waals surface area contributed by atoms with Crippen molar-refractivity contribution >= 4 is 11.9 Å². The summed E-state index contributed by atoms with van der Waals surface area (Å²) in [5.41, 5.74) is 0.297. The summed E-state index contributed by atoms with van der Waals surface area (Å²) in [5.74, 6) is -0.0144. The number of methoxy groups -OCH3 is 1. The number of likely N-dealkylation sites (tertiary alicyclic amines) is 1. The van der Waals surface area contributed by atoms with E-state index in [0.29, 0.717) is 24.5 Å². The molecule has 9 nitrogen and oxygen atoms in total. The molecule has 3 heterocycles. The van der Waals surface area contributed by atoms with Crippen LogP contribution in [0.2, 0.25) is 0 Å². The first-order chi connectivity index (χ1) is 11.6. The standard InChI is InChI=1S/C15H18N6O3/c1-20-7-10(6-12(20)15(23)24-2)18-14(22)11-4-3-5-13(19-11)21-8-16-17-9-21/h3-5,8-10,12H,6-7H2,1-2H3,(H,18,22). The molecule has 0 bridgehead atoms. The third-order valence-electron chi connectivity index (χ3n) is 4.01. The highest BCUT2D eigenvalue weighted by molar-refractivity contribution is 5.92. The summed E-state index contributed by atoms with van der Waals surface area (Å²) in [6, 6.07) is 4.68. The smallest absolute Gasteiger partial charge is 0.323 e. The fourth-order valence-corrected chi connectivity index (χ4v) is 2.79. The van der Waals surface area contributed by atoms with E-state index in [1.54, 1.807) is 22.8 Å². The number of ether oxygens (including phenoxy) is 1. The topological polar surface area (TPSA) is 102 Å². The molecule has 24 heavy (non-hydrogen) atoms. The van der Waals surface area contributed by atoms with E-state index in [4.69, 9.17) is 4.74 Å². The van der Waals surface area contributed by atoms with Crippen LogP contribution in [0.25, 0.3) is 5.82 Å². The zero-order valence-electron chi connectivity index (χ0n) is 13.4. The Hall–Kier alpha value is -2.81. The number of rotatable bonds is 4. The molecule has 2 unspecified atom stereocenters. The number of likely N-dealkylation sites (N-methyl/N-ethyl adjacent to an activating group) is 1. The maximum Gasteiger partial charge on any atom is 0.323 e. The third-order valence-corrected chi connectivity index (χ3v) is 4.01. The van der Waals surface area contributed by atoms with Gasteiger partial charge in [-0.15, -0.1) is 10.2 Å². The number of aromatic nitrogens is 4. The molecule has 1 aliphatic heterocycles. The summed E-state index contributed by atoms with van der Waals surface area (Å²) in [5, 5.41) is 10.4. The Kier molecular flexibility index (Phi) is 4.52. The summed E-state index contributed by atoms with van der Waals surface area (Å²) in [4.78, 5) is 30.3. The number of carbonyl (C=O) groups excluding carboxylic acids is 2. The monoisotopic (exact) mass is 330 g/mol. The van der Waals surface area contributed by atoms with Gasteiger partial charge in [-0.1, -0.05) is 6.07 Å². The summed E-state index contributed by atoms with van der Waals surface area (Å²) >= 11 is 0. The summed E-state index contributed by atoms with van der Waals surface area (Å²) in [6.07, 6.45) is 3.54. The van der Waals surface area contributed by atoms with Crippen molar-refractivity contribution in [2.75, 3.05) is 20.7 Å². The average molecular weight is 330 g/mol. The minimum Gasteiger partial charge on any atom is -0.468 e. The molecule has 1 saturated heterocycles. The van der Waals surface area contributed by atoms with Crippen molar-refractivity contribution in [3.8, 4) is 5.82 Å². The predicted molar refractivity (Wildman–Crippen MR) is 83.5 cm³/mol. The maximum atomic E-state index is 12.4. The molecular formula is C15H18N6O3. The largest absolute Gasteiger partial charge is 0.468 e. The number of amides is 1. The highest BCUT2D eigenvalue weighted by Gasteiger charge is 2.36. The fraction of sp³-hybridized carbons (Fsp3) is 0.400. The van der Waals surface area contributed by atoms with Gasteiger partial charge in [0, 0.05) is 12.6 Å². The zero-order chi connectivity index (χ0) is 17.1. The number of nitrogens with one attached hydrogen (secondary N) is 1. The van der Waals surface area contributed by atoms with Gasteiger partial charge < -0.3 is 10.1 Å². The van der Waals surface area contributed by atoms with Crippen LogP contribution in [0.15, 0.2) is 30.9 Å². The van der Waals surface area contributed by atoms with Crippen molar-refractivity contribution < 1.29 is 14.3 Å². The Labute approximate surface area is 138 Å².